The summed E-state index contributed by atoms with van der Waals surface area (Å²) < 4.78 is 39.2. The summed E-state index contributed by atoms with van der Waals surface area (Å²) in [5.41, 5.74) is 0.427. The van der Waals surface area contributed by atoms with Crippen LogP contribution in [0.3, 0.4) is 0 Å². The summed E-state index contributed by atoms with van der Waals surface area (Å²) in [6.45, 7) is 39.2. The summed E-state index contributed by atoms with van der Waals surface area (Å²) in [4.78, 5) is 15.0. The second-order valence-electron chi connectivity index (χ2n) is 17.8. The van der Waals surface area contributed by atoms with Crippen LogP contribution in [0.4, 0.5) is 0 Å². The minimum absolute atomic E-state index is 0.00669. The molecule has 1 aromatic carbocycles. The van der Waals surface area contributed by atoms with Crippen molar-refractivity contribution in [2.45, 2.75) is 155 Å². The highest BCUT2D eigenvalue weighted by atomic mass is 28.4. The number of methoxy groups -OCH3 is 1. The summed E-state index contributed by atoms with van der Waals surface area (Å²) in [6, 6.07) is 10.9. The Morgan fingerprint density at radius 3 is 1.84 bits per heavy atom. The maximum absolute atomic E-state index is 15.0. The van der Waals surface area contributed by atoms with E-state index in [2.05, 4.69) is 109 Å². The van der Waals surface area contributed by atoms with Crippen molar-refractivity contribution in [1.82, 2.24) is 0 Å². The standard InChI is InChI=1S/C40H74O7Si3/c1-18-32(28-44-48(14,15)38(6,7)8)35(41)34(29-45-49(16,17)39(9,10)11)37(47-50(19-2,20-3)21-4)40(12)36(46-40)30(5)26-43-27-31-22-24-33(42-13)25-23-31/h18,22-25,30,32,34,36-37H,1,19-21,26-29H2,2-17H3/t30-,32-,34-,36+,37-,40-/m0/s1. The molecule has 1 saturated heterocycles. The van der Waals surface area contributed by atoms with E-state index in [0.717, 1.165) is 29.4 Å². The molecule has 1 aromatic rings. The van der Waals surface area contributed by atoms with Gasteiger partial charge in [-0.15, -0.1) is 6.58 Å². The first kappa shape index (κ1) is 45.0. The molecule has 0 spiro atoms. The van der Waals surface area contributed by atoms with Crippen molar-refractivity contribution in [1.29, 1.82) is 0 Å². The number of ether oxygens (including phenoxy) is 3. The van der Waals surface area contributed by atoms with Gasteiger partial charge in [0.25, 0.3) is 0 Å². The quantitative estimate of drug-likeness (QED) is 0.0663. The number of epoxide rings is 1. The number of ketones is 1. The van der Waals surface area contributed by atoms with E-state index in [9.17, 15) is 4.79 Å². The van der Waals surface area contributed by atoms with Crippen molar-refractivity contribution in [3.05, 3.63) is 42.5 Å². The molecule has 1 heterocycles. The molecule has 10 heteroatoms. The molecule has 50 heavy (non-hydrogen) atoms. The molecule has 0 unspecified atom stereocenters. The van der Waals surface area contributed by atoms with E-state index in [1.54, 1.807) is 13.2 Å². The van der Waals surface area contributed by atoms with Crippen molar-refractivity contribution in [2.24, 2.45) is 17.8 Å². The van der Waals surface area contributed by atoms with Crippen LogP contribution in [0, 0.1) is 17.8 Å². The molecule has 7 nitrogen and oxygen atoms in total. The van der Waals surface area contributed by atoms with E-state index < -0.39 is 48.5 Å². The van der Waals surface area contributed by atoms with Gasteiger partial charge in [0.15, 0.2) is 25.0 Å². The number of carbonyl (C=O) groups excluding carboxylic acids is 1. The van der Waals surface area contributed by atoms with Crippen molar-refractivity contribution in [3.8, 4) is 5.75 Å². The lowest BCUT2D eigenvalue weighted by Gasteiger charge is -2.42. The van der Waals surface area contributed by atoms with E-state index in [0.29, 0.717) is 26.4 Å². The van der Waals surface area contributed by atoms with Gasteiger partial charge >= 0.3 is 0 Å². The molecule has 0 aliphatic carbocycles. The molecule has 0 aromatic heterocycles. The first-order valence-corrected chi connectivity index (χ1v) is 27.3. The predicted octanol–water partition coefficient (Wildman–Crippen LogP) is 10.4. The number of benzene rings is 1. The van der Waals surface area contributed by atoms with Crippen LogP contribution >= 0.6 is 0 Å². The normalized spacial score (nSPS) is 21.3. The third-order valence-electron chi connectivity index (χ3n) is 12.3. The van der Waals surface area contributed by atoms with Crippen LogP contribution in [-0.4, -0.2) is 75.5 Å². The van der Waals surface area contributed by atoms with Crippen molar-refractivity contribution in [2.75, 3.05) is 26.9 Å². The molecule has 288 valence electrons. The van der Waals surface area contributed by atoms with E-state index in [-0.39, 0.29) is 27.9 Å². The van der Waals surface area contributed by atoms with Gasteiger partial charge in [0.05, 0.1) is 44.4 Å². The number of carbonyl (C=O) groups is 1. The second-order valence-corrected chi connectivity index (χ2v) is 32.2. The summed E-state index contributed by atoms with van der Waals surface area (Å²) in [5.74, 6) is -0.00985. The molecular formula is C40H74O7Si3. The van der Waals surface area contributed by atoms with E-state index >= 15 is 0 Å². The van der Waals surface area contributed by atoms with Gasteiger partial charge in [0, 0.05) is 19.1 Å². The van der Waals surface area contributed by atoms with Crippen LogP contribution in [-0.2, 0) is 34.2 Å². The van der Waals surface area contributed by atoms with Crippen LogP contribution in [0.15, 0.2) is 36.9 Å². The minimum Gasteiger partial charge on any atom is -0.497 e. The zero-order valence-electron chi connectivity index (χ0n) is 34.8. The number of hydrogen-bond donors (Lipinski definition) is 0. The Kier molecular flexibility index (Phi) is 16.0. The molecule has 0 bridgehead atoms. The molecule has 6 atom stereocenters. The maximum atomic E-state index is 15.0. The summed E-state index contributed by atoms with van der Waals surface area (Å²) in [6.07, 6.45) is 1.20. The average molecular weight is 751 g/mol. The molecule has 0 amide bonds. The zero-order chi connectivity index (χ0) is 38.3. The Bertz CT molecular complexity index is 1210. The molecule has 0 radical (unpaired) electrons. The van der Waals surface area contributed by atoms with Crippen LogP contribution in [0.2, 0.25) is 54.4 Å². The SMILES string of the molecule is C=C[C@@H](CO[Si](C)(C)C(C)(C)C)C(=O)[C@H](CO[Si](C)(C)C(C)(C)C)[C@H](O[Si](CC)(CC)CC)[C@@]1(C)O[C@@H]1[C@@H](C)COCc1ccc(OC)cc1. The van der Waals surface area contributed by atoms with Crippen molar-refractivity contribution < 1.29 is 32.3 Å². The molecule has 2 rings (SSSR count). The fourth-order valence-corrected chi connectivity index (χ4v) is 11.1. The van der Waals surface area contributed by atoms with Gasteiger partial charge in [-0.3, -0.25) is 4.79 Å². The van der Waals surface area contributed by atoms with Crippen LogP contribution < -0.4 is 4.74 Å². The monoisotopic (exact) mass is 750 g/mol. The number of Topliss-reactive ketones (excluding diaryl/α,β-unsaturated/α-hetero) is 1. The van der Waals surface area contributed by atoms with Gasteiger partial charge in [0.1, 0.15) is 17.1 Å². The van der Waals surface area contributed by atoms with Crippen LogP contribution in [0.25, 0.3) is 0 Å². The summed E-state index contributed by atoms with van der Waals surface area (Å²) in [5, 5.41) is 0.0221. The van der Waals surface area contributed by atoms with Gasteiger partial charge in [-0.1, -0.05) is 87.4 Å². The molecule has 1 aliphatic rings. The Morgan fingerprint density at radius 2 is 1.40 bits per heavy atom. The average Bonchev–Trinajstić information content (AvgIpc) is 3.74. The first-order valence-electron chi connectivity index (χ1n) is 19.0. The molecular weight excluding hydrogens is 677 g/mol. The smallest absolute Gasteiger partial charge is 0.192 e. The Balaban J connectivity index is 2.50. The van der Waals surface area contributed by atoms with Crippen molar-refractivity contribution >= 4 is 30.7 Å². The Labute approximate surface area is 309 Å². The van der Waals surface area contributed by atoms with E-state index in [1.165, 1.54) is 0 Å². The summed E-state index contributed by atoms with van der Waals surface area (Å²) >= 11 is 0. The van der Waals surface area contributed by atoms with Gasteiger partial charge in [-0.05, 0) is 79.0 Å². The molecule has 1 fully saturated rings. The summed E-state index contributed by atoms with van der Waals surface area (Å²) in [7, 11) is -4.85. The lowest BCUT2D eigenvalue weighted by atomic mass is 9.81. The highest BCUT2D eigenvalue weighted by Crippen LogP contribution is 2.50. The van der Waals surface area contributed by atoms with Gasteiger partial charge < -0.3 is 27.5 Å². The maximum Gasteiger partial charge on any atom is 0.192 e. The topological polar surface area (TPSA) is 75.8 Å². The second kappa shape index (κ2) is 17.8. The highest BCUT2D eigenvalue weighted by Gasteiger charge is 2.64. The number of rotatable bonds is 22. The van der Waals surface area contributed by atoms with Crippen LogP contribution in [0.1, 0.15) is 81.7 Å². The predicted molar refractivity (Wildman–Crippen MR) is 216 cm³/mol. The van der Waals surface area contributed by atoms with Gasteiger partial charge in [-0.2, -0.15) is 0 Å². The molecule has 1 aliphatic heterocycles. The number of hydrogen-bond acceptors (Lipinski definition) is 7. The highest BCUT2D eigenvalue weighted by molar-refractivity contribution is 6.74. The minimum atomic E-state index is -2.21. The Hall–Kier alpha value is -1.12. The zero-order valence-corrected chi connectivity index (χ0v) is 37.8. The fraction of sp³-hybridized carbons (Fsp3) is 0.775. The van der Waals surface area contributed by atoms with E-state index in [4.69, 9.17) is 27.5 Å². The van der Waals surface area contributed by atoms with E-state index in [1.807, 2.05) is 24.3 Å². The first-order chi connectivity index (χ1) is 23.0. The fourth-order valence-electron chi connectivity index (χ4n) is 6.08. The molecule has 0 saturated carbocycles. The van der Waals surface area contributed by atoms with Crippen LogP contribution in [0.5, 0.6) is 5.75 Å². The van der Waals surface area contributed by atoms with Gasteiger partial charge in [0.2, 0.25) is 0 Å². The van der Waals surface area contributed by atoms with Crippen molar-refractivity contribution in [3.63, 3.8) is 0 Å². The Morgan fingerprint density at radius 1 is 0.900 bits per heavy atom. The lowest BCUT2D eigenvalue weighted by Crippen LogP contribution is -2.54. The molecule has 0 N–H and O–H groups in total. The third kappa shape index (κ3) is 11.2. The largest absolute Gasteiger partial charge is 0.497 e. The lowest BCUT2D eigenvalue weighted by molar-refractivity contribution is -0.132. The van der Waals surface area contributed by atoms with Gasteiger partial charge in [-0.25, -0.2) is 0 Å². The third-order valence-corrected chi connectivity index (χ3v) is 26.0.